The van der Waals surface area contributed by atoms with Gasteiger partial charge in [-0.15, -0.1) is 0 Å². The summed E-state index contributed by atoms with van der Waals surface area (Å²) < 4.78 is 5.92. The number of nitrogens with zero attached hydrogens (tertiary/aromatic N) is 2. The first kappa shape index (κ1) is 18.0. The number of aryl methyl sites for hydroxylation is 1. The molecule has 2 amide bonds. The van der Waals surface area contributed by atoms with Gasteiger partial charge in [0.2, 0.25) is 5.91 Å². The number of hydrogen-bond acceptors (Lipinski definition) is 4. The van der Waals surface area contributed by atoms with Crippen molar-refractivity contribution in [3.05, 3.63) is 35.4 Å². The molecule has 2 heterocycles. The highest BCUT2D eigenvalue weighted by Gasteiger charge is 2.54. The van der Waals surface area contributed by atoms with Crippen LogP contribution in [-0.2, 0) is 14.3 Å². The number of carboxylic acids is 1. The molecule has 7 heteroatoms. The molecule has 1 spiro atoms. The van der Waals surface area contributed by atoms with Gasteiger partial charge in [-0.1, -0.05) is 17.7 Å². The van der Waals surface area contributed by atoms with E-state index in [-0.39, 0.29) is 24.3 Å². The molecule has 1 atom stereocenters. The summed E-state index contributed by atoms with van der Waals surface area (Å²) in [7, 11) is 0. The highest BCUT2D eigenvalue weighted by atomic mass is 16.5. The first-order valence-electron chi connectivity index (χ1n) is 9.47. The second kappa shape index (κ2) is 6.64. The Morgan fingerprint density at radius 1 is 1.11 bits per heavy atom. The molecular formula is C20H24N2O5. The van der Waals surface area contributed by atoms with Crippen molar-refractivity contribution in [2.45, 2.75) is 44.4 Å². The molecule has 0 unspecified atom stereocenters. The molecule has 2 aliphatic heterocycles. The zero-order valence-corrected chi connectivity index (χ0v) is 15.4. The molecule has 7 nitrogen and oxygen atoms in total. The average molecular weight is 372 g/mol. The molecule has 1 N–H and O–H groups in total. The van der Waals surface area contributed by atoms with Gasteiger partial charge in [-0.2, -0.15) is 0 Å². The number of carbonyl (C=O) groups excluding carboxylic acids is 2. The van der Waals surface area contributed by atoms with Crippen LogP contribution in [0.1, 0.15) is 41.6 Å². The highest BCUT2D eigenvalue weighted by Crippen LogP contribution is 2.40. The van der Waals surface area contributed by atoms with E-state index >= 15 is 0 Å². The third-order valence-electron chi connectivity index (χ3n) is 5.85. The zero-order chi connectivity index (χ0) is 19.2. The number of ether oxygens (including phenoxy) is 1. The van der Waals surface area contributed by atoms with Crippen molar-refractivity contribution < 1.29 is 24.2 Å². The summed E-state index contributed by atoms with van der Waals surface area (Å²) in [6.45, 7) is 2.88. The van der Waals surface area contributed by atoms with Crippen LogP contribution >= 0.6 is 0 Å². The lowest BCUT2D eigenvalue weighted by Crippen LogP contribution is -2.58. The van der Waals surface area contributed by atoms with Gasteiger partial charge in [-0.05, 0) is 31.9 Å². The Balaban J connectivity index is 1.57. The van der Waals surface area contributed by atoms with E-state index in [9.17, 15) is 19.5 Å². The summed E-state index contributed by atoms with van der Waals surface area (Å²) >= 11 is 0. The lowest BCUT2D eigenvalue weighted by molar-refractivity contribution is -0.148. The monoisotopic (exact) mass is 372 g/mol. The lowest BCUT2D eigenvalue weighted by atomic mass is 9.96. The number of aliphatic carboxylic acids is 1. The van der Waals surface area contributed by atoms with Gasteiger partial charge in [0, 0.05) is 37.4 Å². The summed E-state index contributed by atoms with van der Waals surface area (Å²) in [6.07, 6.45) is 2.78. The van der Waals surface area contributed by atoms with E-state index in [2.05, 4.69) is 0 Å². The van der Waals surface area contributed by atoms with Crippen LogP contribution in [0.2, 0.25) is 0 Å². The number of hydrogen-bond donors (Lipinski definition) is 1. The van der Waals surface area contributed by atoms with E-state index in [1.165, 1.54) is 4.90 Å². The Kier molecular flexibility index (Phi) is 4.42. The van der Waals surface area contributed by atoms with Crippen LogP contribution in [0.15, 0.2) is 24.3 Å². The molecule has 1 aromatic rings. The van der Waals surface area contributed by atoms with E-state index < -0.39 is 17.7 Å². The maximum absolute atomic E-state index is 13.2. The minimum Gasteiger partial charge on any atom is -0.480 e. The zero-order valence-electron chi connectivity index (χ0n) is 15.4. The Morgan fingerprint density at radius 3 is 2.30 bits per heavy atom. The molecule has 1 aliphatic carbocycles. The number of carbonyl (C=O) groups is 3. The van der Waals surface area contributed by atoms with Crippen molar-refractivity contribution >= 4 is 17.8 Å². The van der Waals surface area contributed by atoms with E-state index in [1.54, 1.807) is 12.1 Å². The van der Waals surface area contributed by atoms with Gasteiger partial charge in [0.25, 0.3) is 5.91 Å². The quantitative estimate of drug-likeness (QED) is 0.872. The van der Waals surface area contributed by atoms with E-state index in [1.807, 2.05) is 24.0 Å². The SMILES string of the molecule is Cc1ccc(C(=O)N2[C@H](C(=O)O)COC23CCN(C(=O)C2CC2)CC3)cc1. The molecule has 4 rings (SSSR count). The number of benzene rings is 1. The van der Waals surface area contributed by atoms with Gasteiger partial charge in [0.05, 0.1) is 6.61 Å². The maximum Gasteiger partial charge on any atom is 0.328 e. The van der Waals surface area contributed by atoms with Crippen LogP contribution in [0.3, 0.4) is 0 Å². The second-order valence-corrected chi connectivity index (χ2v) is 7.75. The number of likely N-dealkylation sites (tertiary alicyclic amines) is 1. The summed E-state index contributed by atoms with van der Waals surface area (Å²) in [5.41, 5.74) is 0.527. The smallest absolute Gasteiger partial charge is 0.328 e. The number of piperidine rings is 1. The van der Waals surface area contributed by atoms with Crippen molar-refractivity contribution in [1.82, 2.24) is 9.80 Å². The Hall–Kier alpha value is -2.41. The van der Waals surface area contributed by atoms with Crippen molar-refractivity contribution in [3.63, 3.8) is 0 Å². The van der Waals surface area contributed by atoms with Gasteiger partial charge >= 0.3 is 5.97 Å². The normalized spacial score (nSPS) is 24.3. The predicted molar refractivity (Wildman–Crippen MR) is 96.0 cm³/mol. The van der Waals surface area contributed by atoms with Crippen LogP contribution in [0.4, 0.5) is 0 Å². The van der Waals surface area contributed by atoms with Gasteiger partial charge in [-0.25, -0.2) is 4.79 Å². The van der Waals surface area contributed by atoms with Crippen LogP contribution in [0.25, 0.3) is 0 Å². The van der Waals surface area contributed by atoms with Crippen LogP contribution < -0.4 is 0 Å². The van der Waals surface area contributed by atoms with Gasteiger partial charge < -0.3 is 14.7 Å². The van der Waals surface area contributed by atoms with Crippen molar-refractivity contribution in [3.8, 4) is 0 Å². The molecule has 0 radical (unpaired) electrons. The number of carboxylic acid groups (broad SMARTS) is 1. The first-order valence-corrected chi connectivity index (χ1v) is 9.47. The third kappa shape index (κ3) is 3.20. The van der Waals surface area contributed by atoms with Gasteiger partial charge in [-0.3, -0.25) is 14.5 Å². The molecule has 27 heavy (non-hydrogen) atoms. The molecule has 3 aliphatic rings. The van der Waals surface area contributed by atoms with Crippen molar-refractivity contribution in [2.24, 2.45) is 5.92 Å². The topological polar surface area (TPSA) is 87.2 Å². The standard InChI is InChI=1S/C20H24N2O5/c1-13-2-4-15(5-3-13)18(24)22-16(19(25)26)12-27-20(22)8-10-21(11-9-20)17(23)14-6-7-14/h2-5,14,16H,6-12H2,1H3,(H,25,26)/t16-/m0/s1. The third-order valence-corrected chi connectivity index (χ3v) is 5.85. The molecule has 144 valence electrons. The average Bonchev–Trinajstić information content (AvgIpc) is 3.44. The van der Waals surface area contributed by atoms with E-state index in [0.29, 0.717) is 31.5 Å². The van der Waals surface area contributed by atoms with E-state index in [4.69, 9.17) is 4.74 Å². The molecule has 1 saturated carbocycles. The molecule has 1 aromatic carbocycles. The second-order valence-electron chi connectivity index (χ2n) is 7.75. The Labute approximate surface area is 157 Å². The molecule has 3 fully saturated rings. The first-order chi connectivity index (χ1) is 12.9. The van der Waals surface area contributed by atoms with Gasteiger partial charge in [0.15, 0.2) is 6.04 Å². The summed E-state index contributed by atoms with van der Waals surface area (Å²) in [4.78, 5) is 40.5. The largest absolute Gasteiger partial charge is 0.480 e. The van der Waals surface area contributed by atoms with Crippen LogP contribution in [-0.4, -0.2) is 64.2 Å². The highest BCUT2D eigenvalue weighted by molar-refractivity contribution is 5.97. The summed E-state index contributed by atoms with van der Waals surface area (Å²) in [5.74, 6) is -1.07. The number of amides is 2. The van der Waals surface area contributed by atoms with Gasteiger partial charge in [0.1, 0.15) is 5.72 Å². The Morgan fingerprint density at radius 2 is 1.74 bits per heavy atom. The van der Waals surface area contributed by atoms with E-state index in [0.717, 1.165) is 18.4 Å². The van der Waals surface area contributed by atoms with Crippen LogP contribution in [0.5, 0.6) is 0 Å². The molecule has 2 saturated heterocycles. The Bertz CT molecular complexity index is 763. The molecule has 0 aromatic heterocycles. The van der Waals surface area contributed by atoms with Crippen LogP contribution in [0, 0.1) is 12.8 Å². The minimum atomic E-state index is -1.07. The molecule has 0 bridgehead atoms. The van der Waals surface area contributed by atoms with Crippen molar-refractivity contribution in [1.29, 1.82) is 0 Å². The summed E-state index contributed by atoms with van der Waals surface area (Å²) in [6, 6.07) is 6.10. The maximum atomic E-state index is 13.2. The lowest BCUT2D eigenvalue weighted by Gasteiger charge is -2.44. The van der Waals surface area contributed by atoms with Crippen molar-refractivity contribution in [2.75, 3.05) is 19.7 Å². The summed E-state index contributed by atoms with van der Waals surface area (Å²) in [5, 5.41) is 9.62. The fourth-order valence-electron chi connectivity index (χ4n) is 4.06. The number of rotatable bonds is 3. The molecular weight excluding hydrogens is 348 g/mol. The predicted octanol–water partition coefficient (Wildman–Crippen LogP) is 1.65. The fourth-order valence-corrected chi connectivity index (χ4v) is 4.06. The minimum absolute atomic E-state index is 0.0243. The fraction of sp³-hybridized carbons (Fsp3) is 0.550.